The molecular formula is C15H17BrN2O2S. The number of nitrogens with two attached hydrogens (primary N) is 1. The van der Waals surface area contributed by atoms with E-state index >= 15 is 0 Å². The van der Waals surface area contributed by atoms with Crippen molar-refractivity contribution in [1.29, 1.82) is 0 Å². The Morgan fingerprint density at radius 3 is 2.86 bits per heavy atom. The van der Waals surface area contributed by atoms with Crippen LogP contribution in [0.3, 0.4) is 0 Å². The number of carbonyl (C=O) groups is 1. The monoisotopic (exact) mass is 368 g/mol. The van der Waals surface area contributed by atoms with Crippen LogP contribution in [0.5, 0.6) is 5.75 Å². The third-order valence-corrected chi connectivity index (χ3v) is 4.59. The quantitative estimate of drug-likeness (QED) is 0.881. The first-order chi connectivity index (χ1) is 10.0. The third kappa shape index (κ3) is 3.84. The highest BCUT2D eigenvalue weighted by Crippen LogP contribution is 2.25. The van der Waals surface area contributed by atoms with Crippen LogP contribution in [0.2, 0.25) is 0 Å². The van der Waals surface area contributed by atoms with Crippen LogP contribution in [0.1, 0.15) is 16.5 Å². The molecule has 1 atom stereocenters. The average Bonchev–Trinajstić information content (AvgIpc) is 3.00. The van der Waals surface area contributed by atoms with Crippen LogP contribution in [-0.4, -0.2) is 25.0 Å². The molecule has 1 aromatic heterocycles. The second-order valence-electron chi connectivity index (χ2n) is 4.64. The second kappa shape index (κ2) is 7.06. The summed E-state index contributed by atoms with van der Waals surface area (Å²) in [4.78, 5) is 14.9. The maximum atomic E-state index is 12.4. The van der Waals surface area contributed by atoms with Gasteiger partial charge in [0.1, 0.15) is 11.8 Å². The zero-order chi connectivity index (χ0) is 15.4. The minimum Gasteiger partial charge on any atom is -0.496 e. The van der Waals surface area contributed by atoms with Crippen molar-refractivity contribution in [2.24, 2.45) is 5.73 Å². The lowest BCUT2D eigenvalue weighted by molar-refractivity contribution is -0.131. The van der Waals surface area contributed by atoms with Gasteiger partial charge in [-0.25, -0.2) is 0 Å². The molecule has 4 nitrogen and oxygen atoms in total. The van der Waals surface area contributed by atoms with Gasteiger partial charge in [-0.15, -0.1) is 11.3 Å². The molecule has 6 heteroatoms. The van der Waals surface area contributed by atoms with Crippen LogP contribution < -0.4 is 10.5 Å². The molecule has 1 unspecified atom stereocenters. The molecule has 1 amide bonds. The van der Waals surface area contributed by atoms with Crippen molar-refractivity contribution in [2.45, 2.75) is 12.6 Å². The van der Waals surface area contributed by atoms with Crippen LogP contribution in [-0.2, 0) is 11.3 Å². The van der Waals surface area contributed by atoms with Gasteiger partial charge in [0.25, 0.3) is 0 Å². The molecule has 0 saturated heterocycles. The lowest BCUT2D eigenvalue weighted by atomic mass is 10.1. The number of halogens is 1. The fourth-order valence-electron chi connectivity index (χ4n) is 2.03. The summed E-state index contributed by atoms with van der Waals surface area (Å²) < 4.78 is 6.27. The Balaban J connectivity index is 2.12. The van der Waals surface area contributed by atoms with Gasteiger partial charge in [-0.05, 0) is 29.6 Å². The predicted octanol–water partition coefficient (Wildman–Crippen LogP) is 3.18. The van der Waals surface area contributed by atoms with E-state index in [0.29, 0.717) is 6.54 Å². The molecule has 0 aliphatic rings. The second-order valence-corrected chi connectivity index (χ2v) is 6.54. The van der Waals surface area contributed by atoms with Crippen LogP contribution in [0, 0.1) is 0 Å². The predicted molar refractivity (Wildman–Crippen MR) is 88.4 cm³/mol. The van der Waals surface area contributed by atoms with E-state index in [-0.39, 0.29) is 5.91 Å². The molecule has 2 rings (SSSR count). The SMILES string of the molecule is COc1ccc(Br)cc1CN(C)C(=O)C(N)c1cccs1. The largest absolute Gasteiger partial charge is 0.496 e. The Kier molecular flexibility index (Phi) is 5.39. The summed E-state index contributed by atoms with van der Waals surface area (Å²) in [5, 5.41) is 1.92. The number of rotatable bonds is 5. The standard InChI is InChI=1S/C15H17BrN2O2S/c1-18(15(19)14(17)13-4-3-7-21-13)9-10-8-11(16)5-6-12(10)20-2/h3-8,14H,9,17H2,1-2H3. The molecule has 1 aromatic carbocycles. The average molecular weight is 369 g/mol. The fourth-order valence-corrected chi connectivity index (χ4v) is 3.16. The van der Waals surface area contributed by atoms with Crippen LogP contribution >= 0.6 is 27.3 Å². The van der Waals surface area contributed by atoms with Gasteiger partial charge in [-0.3, -0.25) is 4.79 Å². The van der Waals surface area contributed by atoms with Crippen molar-refractivity contribution >= 4 is 33.2 Å². The Bertz CT molecular complexity index is 616. The van der Waals surface area contributed by atoms with E-state index in [1.807, 2.05) is 35.7 Å². The van der Waals surface area contributed by atoms with E-state index in [4.69, 9.17) is 10.5 Å². The number of methoxy groups -OCH3 is 1. The summed E-state index contributed by atoms with van der Waals surface area (Å²) in [6.45, 7) is 0.445. The first kappa shape index (κ1) is 16.0. The highest BCUT2D eigenvalue weighted by molar-refractivity contribution is 9.10. The maximum absolute atomic E-state index is 12.4. The Morgan fingerprint density at radius 1 is 1.48 bits per heavy atom. The molecule has 0 saturated carbocycles. The molecular weight excluding hydrogens is 352 g/mol. The minimum absolute atomic E-state index is 0.112. The van der Waals surface area contributed by atoms with Gasteiger partial charge in [0.05, 0.1) is 7.11 Å². The molecule has 21 heavy (non-hydrogen) atoms. The van der Waals surface area contributed by atoms with Crippen LogP contribution in [0.4, 0.5) is 0 Å². The van der Waals surface area contributed by atoms with Crippen molar-refractivity contribution in [3.63, 3.8) is 0 Å². The van der Waals surface area contributed by atoms with Crippen molar-refractivity contribution in [3.8, 4) is 5.75 Å². The normalized spacial score (nSPS) is 12.0. The number of benzene rings is 1. The Morgan fingerprint density at radius 2 is 2.24 bits per heavy atom. The van der Waals surface area contributed by atoms with Crippen LogP contribution in [0.15, 0.2) is 40.2 Å². The number of hydrogen-bond acceptors (Lipinski definition) is 4. The summed E-state index contributed by atoms with van der Waals surface area (Å²) in [5.74, 6) is 0.641. The number of amides is 1. The van der Waals surface area contributed by atoms with Gasteiger partial charge in [0.2, 0.25) is 5.91 Å². The van der Waals surface area contributed by atoms with Gasteiger partial charge < -0.3 is 15.4 Å². The van der Waals surface area contributed by atoms with Crippen molar-refractivity contribution < 1.29 is 9.53 Å². The lowest BCUT2D eigenvalue weighted by Crippen LogP contribution is -2.35. The van der Waals surface area contributed by atoms with Gasteiger partial charge in [0, 0.05) is 28.5 Å². The van der Waals surface area contributed by atoms with Gasteiger partial charge in [-0.2, -0.15) is 0 Å². The van der Waals surface area contributed by atoms with E-state index in [2.05, 4.69) is 15.9 Å². The Labute approximate surface area is 136 Å². The molecule has 0 radical (unpaired) electrons. The molecule has 0 bridgehead atoms. The summed E-state index contributed by atoms with van der Waals surface area (Å²) >= 11 is 4.92. The van der Waals surface area contributed by atoms with E-state index in [1.165, 1.54) is 11.3 Å². The highest BCUT2D eigenvalue weighted by Gasteiger charge is 2.21. The zero-order valence-electron chi connectivity index (χ0n) is 11.9. The van der Waals surface area contributed by atoms with Gasteiger partial charge in [0.15, 0.2) is 0 Å². The number of likely N-dealkylation sites (N-methyl/N-ethyl adjacent to an activating group) is 1. The summed E-state index contributed by atoms with van der Waals surface area (Å²) in [6.07, 6.45) is 0. The number of nitrogens with zero attached hydrogens (tertiary/aromatic N) is 1. The van der Waals surface area contributed by atoms with Gasteiger partial charge >= 0.3 is 0 Å². The highest BCUT2D eigenvalue weighted by atomic mass is 79.9. The van der Waals surface area contributed by atoms with Crippen molar-refractivity contribution in [3.05, 3.63) is 50.6 Å². The minimum atomic E-state index is -0.617. The number of ether oxygens (including phenoxy) is 1. The smallest absolute Gasteiger partial charge is 0.244 e. The summed E-state index contributed by atoms with van der Waals surface area (Å²) in [7, 11) is 3.36. The molecule has 0 fully saturated rings. The summed E-state index contributed by atoms with van der Waals surface area (Å²) in [5.41, 5.74) is 6.95. The lowest BCUT2D eigenvalue weighted by Gasteiger charge is -2.22. The molecule has 1 heterocycles. The first-order valence-corrected chi connectivity index (χ1v) is 8.06. The molecule has 0 aliphatic carbocycles. The first-order valence-electron chi connectivity index (χ1n) is 6.39. The van der Waals surface area contributed by atoms with E-state index in [1.54, 1.807) is 19.1 Å². The van der Waals surface area contributed by atoms with Crippen LogP contribution in [0.25, 0.3) is 0 Å². The van der Waals surface area contributed by atoms with E-state index in [9.17, 15) is 4.79 Å². The zero-order valence-corrected chi connectivity index (χ0v) is 14.3. The van der Waals surface area contributed by atoms with Crippen molar-refractivity contribution in [2.75, 3.05) is 14.2 Å². The maximum Gasteiger partial charge on any atom is 0.244 e. The molecule has 112 valence electrons. The van der Waals surface area contributed by atoms with Crippen molar-refractivity contribution in [1.82, 2.24) is 4.90 Å². The van der Waals surface area contributed by atoms with E-state index < -0.39 is 6.04 Å². The number of hydrogen-bond donors (Lipinski definition) is 1. The molecule has 0 spiro atoms. The Hall–Kier alpha value is -1.37. The fraction of sp³-hybridized carbons (Fsp3) is 0.267. The summed E-state index contributed by atoms with van der Waals surface area (Å²) in [6, 6.07) is 8.87. The topological polar surface area (TPSA) is 55.6 Å². The van der Waals surface area contributed by atoms with E-state index in [0.717, 1.165) is 20.7 Å². The number of carbonyl (C=O) groups excluding carboxylic acids is 1. The molecule has 0 aliphatic heterocycles. The van der Waals surface area contributed by atoms with Gasteiger partial charge in [-0.1, -0.05) is 22.0 Å². The number of thiophene rings is 1. The molecule has 2 N–H and O–H groups in total. The molecule has 2 aromatic rings. The third-order valence-electron chi connectivity index (χ3n) is 3.14.